The third-order valence-corrected chi connectivity index (χ3v) is 5.65. The minimum absolute atomic E-state index is 0.0164. The van der Waals surface area contributed by atoms with Crippen molar-refractivity contribution in [3.05, 3.63) is 53.6 Å². The van der Waals surface area contributed by atoms with E-state index >= 15 is 0 Å². The highest BCUT2D eigenvalue weighted by atomic mass is 16.2. The normalized spacial score (nSPS) is 13.8. The molecule has 3 rings (SSSR count). The molecule has 0 bridgehead atoms. The van der Waals surface area contributed by atoms with Crippen molar-refractivity contribution in [1.29, 1.82) is 0 Å². The van der Waals surface area contributed by atoms with Crippen LogP contribution in [-0.4, -0.2) is 42.3 Å². The van der Waals surface area contributed by atoms with Crippen molar-refractivity contribution < 1.29 is 14.4 Å². The molecule has 0 aliphatic carbocycles. The van der Waals surface area contributed by atoms with E-state index in [9.17, 15) is 14.4 Å². The van der Waals surface area contributed by atoms with Crippen molar-refractivity contribution >= 4 is 34.8 Å². The molecule has 170 valence electrons. The van der Waals surface area contributed by atoms with Crippen LogP contribution in [0.2, 0.25) is 0 Å². The van der Waals surface area contributed by atoms with E-state index in [1.54, 1.807) is 31.2 Å². The summed E-state index contributed by atoms with van der Waals surface area (Å²) >= 11 is 0. The third kappa shape index (κ3) is 6.33. The average Bonchev–Trinajstić information content (AvgIpc) is 3.09. The molecule has 3 amide bonds. The number of nitrogens with zero attached hydrogens (tertiary/aromatic N) is 1. The van der Waals surface area contributed by atoms with Crippen LogP contribution in [0.4, 0.5) is 17.1 Å². The van der Waals surface area contributed by atoms with Gasteiger partial charge in [0.2, 0.25) is 11.8 Å². The highest BCUT2D eigenvalue weighted by molar-refractivity contribution is 5.98. The fourth-order valence-corrected chi connectivity index (χ4v) is 3.77. The first kappa shape index (κ1) is 23.3. The highest BCUT2D eigenvalue weighted by Gasteiger charge is 2.17. The Labute approximate surface area is 189 Å². The predicted octanol–water partition coefficient (Wildman–Crippen LogP) is 4.41. The van der Waals surface area contributed by atoms with Crippen LogP contribution in [0.1, 0.15) is 54.9 Å². The van der Waals surface area contributed by atoms with Gasteiger partial charge in [-0.1, -0.05) is 31.9 Å². The lowest BCUT2D eigenvalue weighted by Crippen LogP contribution is -2.31. The Balaban J connectivity index is 1.59. The molecule has 0 radical (unpaired) electrons. The van der Waals surface area contributed by atoms with E-state index in [1.807, 2.05) is 30.0 Å². The SMILES string of the molecule is CCC(=O)Nc1cccc(NCC(=O)Nc2cccc(C(=O)N3CCCCCC3)c2)c1C. The molecule has 0 unspecified atom stereocenters. The van der Waals surface area contributed by atoms with Gasteiger partial charge in [-0.2, -0.15) is 0 Å². The van der Waals surface area contributed by atoms with Gasteiger partial charge < -0.3 is 20.9 Å². The van der Waals surface area contributed by atoms with Gasteiger partial charge in [-0.15, -0.1) is 0 Å². The standard InChI is InChI=1S/C25H32N4O3/c1-3-23(30)28-22-13-9-12-21(18(22)2)26-17-24(31)27-20-11-8-10-19(16-20)25(32)29-14-6-4-5-7-15-29/h8-13,16,26H,3-7,14-15,17H2,1-2H3,(H,27,31)(H,28,30). The predicted molar refractivity (Wildman–Crippen MR) is 128 cm³/mol. The third-order valence-electron chi connectivity index (χ3n) is 5.65. The van der Waals surface area contributed by atoms with Crippen molar-refractivity contribution in [1.82, 2.24) is 4.90 Å². The van der Waals surface area contributed by atoms with Gasteiger partial charge >= 0.3 is 0 Å². The Morgan fingerprint density at radius 3 is 2.28 bits per heavy atom. The molecule has 1 aliphatic heterocycles. The summed E-state index contributed by atoms with van der Waals surface area (Å²) in [6.45, 7) is 5.33. The van der Waals surface area contributed by atoms with Crippen molar-refractivity contribution in [2.45, 2.75) is 46.0 Å². The topological polar surface area (TPSA) is 90.5 Å². The molecule has 1 heterocycles. The van der Waals surface area contributed by atoms with Gasteiger partial charge in [0.15, 0.2) is 0 Å². The summed E-state index contributed by atoms with van der Waals surface area (Å²) in [5.41, 5.74) is 3.55. The Kier molecular flexibility index (Phi) is 8.25. The quantitative estimate of drug-likeness (QED) is 0.600. The molecule has 0 saturated carbocycles. The first-order valence-corrected chi connectivity index (χ1v) is 11.3. The van der Waals surface area contributed by atoms with Gasteiger partial charge in [0.1, 0.15) is 0 Å². The van der Waals surface area contributed by atoms with Crippen molar-refractivity contribution in [2.75, 3.05) is 35.6 Å². The molecule has 2 aromatic carbocycles. The second kappa shape index (κ2) is 11.3. The van der Waals surface area contributed by atoms with Crippen molar-refractivity contribution in [3.8, 4) is 0 Å². The zero-order valence-corrected chi connectivity index (χ0v) is 18.9. The summed E-state index contributed by atoms with van der Waals surface area (Å²) < 4.78 is 0. The van der Waals surface area contributed by atoms with Crippen LogP contribution >= 0.6 is 0 Å². The molecule has 2 aromatic rings. The molecule has 7 nitrogen and oxygen atoms in total. The average molecular weight is 437 g/mol. The van der Waals surface area contributed by atoms with Gasteiger partial charge in [0.05, 0.1) is 6.54 Å². The van der Waals surface area contributed by atoms with Gasteiger partial charge in [0, 0.05) is 42.1 Å². The summed E-state index contributed by atoms with van der Waals surface area (Å²) in [7, 11) is 0. The van der Waals surface area contributed by atoms with Crippen LogP contribution < -0.4 is 16.0 Å². The molecule has 32 heavy (non-hydrogen) atoms. The van der Waals surface area contributed by atoms with Gasteiger partial charge in [-0.25, -0.2) is 0 Å². The molecular formula is C25H32N4O3. The zero-order chi connectivity index (χ0) is 22.9. The second-order valence-electron chi connectivity index (χ2n) is 8.07. The Morgan fingerprint density at radius 1 is 0.875 bits per heavy atom. The molecular weight excluding hydrogens is 404 g/mol. The van der Waals surface area contributed by atoms with E-state index in [0.717, 1.165) is 42.9 Å². The number of likely N-dealkylation sites (tertiary alicyclic amines) is 1. The molecule has 1 saturated heterocycles. The number of hydrogen-bond donors (Lipinski definition) is 3. The fraction of sp³-hybridized carbons (Fsp3) is 0.400. The van der Waals surface area contributed by atoms with Crippen LogP contribution in [0.25, 0.3) is 0 Å². The van der Waals surface area contributed by atoms with E-state index in [-0.39, 0.29) is 24.3 Å². The van der Waals surface area contributed by atoms with Crippen LogP contribution in [0.5, 0.6) is 0 Å². The van der Waals surface area contributed by atoms with Crippen LogP contribution in [0.15, 0.2) is 42.5 Å². The molecule has 1 aliphatic rings. The maximum atomic E-state index is 12.8. The van der Waals surface area contributed by atoms with Gasteiger partial charge in [-0.3, -0.25) is 14.4 Å². The Hall–Kier alpha value is -3.35. The smallest absolute Gasteiger partial charge is 0.253 e. The molecule has 0 atom stereocenters. The maximum Gasteiger partial charge on any atom is 0.253 e. The van der Waals surface area contributed by atoms with Gasteiger partial charge in [-0.05, 0) is 55.7 Å². The summed E-state index contributed by atoms with van der Waals surface area (Å²) in [5, 5.41) is 8.84. The summed E-state index contributed by atoms with van der Waals surface area (Å²) in [6, 6.07) is 12.6. The zero-order valence-electron chi connectivity index (χ0n) is 18.9. The number of benzene rings is 2. The van der Waals surface area contributed by atoms with Crippen molar-refractivity contribution in [2.24, 2.45) is 0 Å². The maximum absolute atomic E-state index is 12.8. The second-order valence-corrected chi connectivity index (χ2v) is 8.07. The lowest BCUT2D eigenvalue weighted by molar-refractivity contribution is -0.116. The number of carbonyl (C=O) groups is 3. The van der Waals surface area contributed by atoms with E-state index in [0.29, 0.717) is 17.7 Å². The molecule has 1 fully saturated rings. The highest BCUT2D eigenvalue weighted by Crippen LogP contribution is 2.23. The minimum Gasteiger partial charge on any atom is -0.376 e. The molecule has 7 heteroatoms. The van der Waals surface area contributed by atoms with Crippen LogP contribution in [0.3, 0.4) is 0 Å². The largest absolute Gasteiger partial charge is 0.376 e. The summed E-state index contributed by atoms with van der Waals surface area (Å²) in [5.74, 6) is -0.257. The fourth-order valence-electron chi connectivity index (χ4n) is 3.77. The molecule has 3 N–H and O–H groups in total. The molecule has 0 spiro atoms. The summed E-state index contributed by atoms with van der Waals surface area (Å²) in [4.78, 5) is 38.9. The first-order chi connectivity index (χ1) is 15.5. The number of carbonyl (C=O) groups excluding carboxylic acids is 3. The van der Waals surface area contributed by atoms with E-state index in [2.05, 4.69) is 16.0 Å². The number of hydrogen-bond acceptors (Lipinski definition) is 4. The number of rotatable bonds is 7. The Bertz CT molecular complexity index is 965. The van der Waals surface area contributed by atoms with Gasteiger partial charge in [0.25, 0.3) is 5.91 Å². The number of amides is 3. The number of nitrogens with one attached hydrogen (secondary N) is 3. The monoisotopic (exact) mass is 436 g/mol. The van der Waals surface area contributed by atoms with E-state index in [1.165, 1.54) is 12.8 Å². The van der Waals surface area contributed by atoms with E-state index in [4.69, 9.17) is 0 Å². The van der Waals surface area contributed by atoms with Crippen LogP contribution in [-0.2, 0) is 9.59 Å². The minimum atomic E-state index is -0.216. The number of anilines is 3. The lowest BCUT2D eigenvalue weighted by atomic mass is 10.1. The first-order valence-electron chi connectivity index (χ1n) is 11.3. The molecule has 0 aromatic heterocycles. The van der Waals surface area contributed by atoms with E-state index < -0.39 is 0 Å². The summed E-state index contributed by atoms with van der Waals surface area (Å²) in [6.07, 6.45) is 4.81. The van der Waals surface area contributed by atoms with Crippen molar-refractivity contribution in [3.63, 3.8) is 0 Å². The lowest BCUT2D eigenvalue weighted by Gasteiger charge is -2.20. The van der Waals surface area contributed by atoms with Crippen LogP contribution in [0, 0.1) is 6.92 Å². The Morgan fingerprint density at radius 2 is 1.56 bits per heavy atom.